The maximum atomic E-state index is 10.4. The number of hydrogen-bond donors (Lipinski definition) is 2. The summed E-state index contributed by atoms with van der Waals surface area (Å²) in [6.45, 7) is 1.80. The van der Waals surface area contributed by atoms with Gasteiger partial charge in [0.25, 0.3) is 0 Å². The number of aryl methyl sites for hydroxylation is 1. The number of aromatic nitrogens is 2. The van der Waals surface area contributed by atoms with Crippen molar-refractivity contribution in [3.05, 3.63) is 65.9 Å². The van der Waals surface area contributed by atoms with Gasteiger partial charge in [0, 0.05) is 6.21 Å². The summed E-state index contributed by atoms with van der Waals surface area (Å²) in [6.07, 6.45) is 1.51. The molecular weight excluding hydrogens is 278 g/mol. The van der Waals surface area contributed by atoms with E-state index < -0.39 is 0 Å². The van der Waals surface area contributed by atoms with Crippen molar-refractivity contribution in [1.29, 1.82) is 0 Å². The average molecular weight is 293 g/mol. The van der Waals surface area contributed by atoms with Crippen molar-refractivity contribution in [2.45, 2.75) is 6.92 Å². The molecular formula is C17H15N3O2. The summed E-state index contributed by atoms with van der Waals surface area (Å²) in [5.74, 6) is 0.106. The van der Waals surface area contributed by atoms with Gasteiger partial charge in [-0.25, -0.2) is 4.68 Å². The summed E-state index contributed by atoms with van der Waals surface area (Å²) in [5.41, 5.74) is 2.38. The van der Waals surface area contributed by atoms with Crippen molar-refractivity contribution in [2.75, 3.05) is 0 Å². The minimum absolute atomic E-state index is 0.0165. The Kier molecular flexibility index (Phi) is 3.62. The van der Waals surface area contributed by atoms with Gasteiger partial charge in [-0.1, -0.05) is 30.3 Å². The normalized spacial score (nSPS) is 11.1. The number of hydrogen-bond acceptors (Lipinski definition) is 4. The second kappa shape index (κ2) is 5.73. The lowest BCUT2D eigenvalue weighted by atomic mass is 10.2. The Morgan fingerprint density at radius 3 is 2.41 bits per heavy atom. The summed E-state index contributed by atoms with van der Waals surface area (Å²) in [5, 5.41) is 24.4. The maximum Gasteiger partial charge on any atom is 0.223 e. The van der Waals surface area contributed by atoms with E-state index in [9.17, 15) is 10.2 Å². The van der Waals surface area contributed by atoms with Crippen LogP contribution in [0.5, 0.6) is 11.6 Å². The predicted molar refractivity (Wildman–Crippen MR) is 85.3 cm³/mol. The van der Waals surface area contributed by atoms with Crippen LogP contribution in [0, 0.1) is 6.92 Å². The maximum absolute atomic E-state index is 10.4. The van der Waals surface area contributed by atoms with Crippen LogP contribution in [0.3, 0.4) is 0 Å². The number of rotatable bonds is 3. The summed E-state index contributed by atoms with van der Waals surface area (Å²) in [4.78, 5) is 4.22. The molecule has 0 amide bonds. The molecule has 0 saturated carbocycles. The third kappa shape index (κ3) is 2.56. The van der Waals surface area contributed by atoms with Crippen LogP contribution >= 0.6 is 0 Å². The van der Waals surface area contributed by atoms with Crippen LogP contribution in [-0.2, 0) is 0 Å². The molecule has 5 nitrogen and oxygen atoms in total. The quantitative estimate of drug-likeness (QED) is 0.727. The van der Waals surface area contributed by atoms with E-state index in [1.54, 1.807) is 31.2 Å². The Labute approximate surface area is 127 Å². The van der Waals surface area contributed by atoms with Gasteiger partial charge in [0.15, 0.2) is 0 Å². The van der Waals surface area contributed by atoms with Gasteiger partial charge in [-0.3, -0.25) is 4.99 Å². The molecule has 0 fully saturated rings. The summed E-state index contributed by atoms with van der Waals surface area (Å²) in [7, 11) is 0. The summed E-state index contributed by atoms with van der Waals surface area (Å²) < 4.78 is 1.46. The van der Waals surface area contributed by atoms with Gasteiger partial charge in [0.2, 0.25) is 5.88 Å². The smallest absolute Gasteiger partial charge is 0.223 e. The zero-order valence-corrected chi connectivity index (χ0v) is 12.0. The molecule has 0 radical (unpaired) electrons. The lowest BCUT2D eigenvalue weighted by Crippen LogP contribution is -1.95. The van der Waals surface area contributed by atoms with E-state index in [4.69, 9.17) is 0 Å². The van der Waals surface area contributed by atoms with Gasteiger partial charge >= 0.3 is 0 Å². The average Bonchev–Trinajstić information content (AvgIpc) is 2.82. The SMILES string of the molecule is Cc1nn(-c2ccccc2)c(O)c1/C=N/c1ccccc1O. The first-order valence-electron chi connectivity index (χ1n) is 6.83. The lowest BCUT2D eigenvalue weighted by molar-refractivity contribution is 0.433. The molecule has 0 aliphatic rings. The molecule has 1 aromatic heterocycles. The van der Waals surface area contributed by atoms with E-state index >= 15 is 0 Å². The number of aromatic hydroxyl groups is 2. The molecule has 110 valence electrons. The van der Waals surface area contributed by atoms with Crippen molar-refractivity contribution in [2.24, 2.45) is 4.99 Å². The number of aliphatic imine (C=N–C) groups is 1. The second-order valence-electron chi connectivity index (χ2n) is 4.82. The molecule has 0 unspecified atom stereocenters. The van der Waals surface area contributed by atoms with Crippen molar-refractivity contribution < 1.29 is 10.2 Å². The molecule has 3 rings (SSSR count). The van der Waals surface area contributed by atoms with E-state index in [0.717, 1.165) is 5.69 Å². The summed E-state index contributed by atoms with van der Waals surface area (Å²) in [6, 6.07) is 16.1. The van der Waals surface area contributed by atoms with Crippen molar-refractivity contribution in [3.8, 4) is 17.3 Å². The molecule has 22 heavy (non-hydrogen) atoms. The van der Waals surface area contributed by atoms with Gasteiger partial charge in [-0.2, -0.15) is 5.10 Å². The Morgan fingerprint density at radius 2 is 1.68 bits per heavy atom. The fourth-order valence-electron chi connectivity index (χ4n) is 2.13. The highest BCUT2D eigenvalue weighted by Crippen LogP contribution is 2.27. The van der Waals surface area contributed by atoms with Gasteiger partial charge in [0.05, 0.1) is 16.9 Å². The minimum Gasteiger partial charge on any atom is -0.506 e. The number of phenolic OH excluding ortho intramolecular Hbond substituents is 1. The third-order valence-electron chi connectivity index (χ3n) is 3.30. The van der Waals surface area contributed by atoms with Crippen LogP contribution in [0.1, 0.15) is 11.3 Å². The monoisotopic (exact) mass is 293 g/mol. The molecule has 2 aromatic carbocycles. The van der Waals surface area contributed by atoms with Crippen LogP contribution in [-0.4, -0.2) is 26.2 Å². The third-order valence-corrected chi connectivity index (χ3v) is 3.30. The zero-order chi connectivity index (χ0) is 15.5. The molecule has 5 heteroatoms. The van der Waals surface area contributed by atoms with Crippen LogP contribution in [0.15, 0.2) is 59.6 Å². The van der Waals surface area contributed by atoms with Gasteiger partial charge in [-0.15, -0.1) is 0 Å². The van der Waals surface area contributed by atoms with Crippen molar-refractivity contribution in [1.82, 2.24) is 9.78 Å². The first kappa shape index (κ1) is 13.9. The van der Waals surface area contributed by atoms with Crippen LogP contribution in [0.25, 0.3) is 5.69 Å². The zero-order valence-electron chi connectivity index (χ0n) is 12.0. The van der Waals surface area contributed by atoms with E-state index in [1.807, 2.05) is 30.3 Å². The molecule has 0 bridgehead atoms. The molecule has 0 atom stereocenters. The predicted octanol–water partition coefficient (Wildman–Crippen LogP) is 3.34. The van der Waals surface area contributed by atoms with Gasteiger partial charge in [0.1, 0.15) is 11.4 Å². The van der Waals surface area contributed by atoms with Crippen LogP contribution < -0.4 is 0 Å². The minimum atomic E-state index is 0.0165. The first-order chi connectivity index (χ1) is 10.7. The fourth-order valence-corrected chi connectivity index (χ4v) is 2.13. The van der Waals surface area contributed by atoms with Crippen LogP contribution in [0.4, 0.5) is 5.69 Å². The molecule has 2 N–H and O–H groups in total. The van der Waals surface area contributed by atoms with Gasteiger partial charge in [-0.05, 0) is 31.2 Å². The summed E-state index contributed by atoms with van der Waals surface area (Å²) >= 11 is 0. The lowest BCUT2D eigenvalue weighted by Gasteiger charge is -2.02. The second-order valence-corrected chi connectivity index (χ2v) is 4.82. The Morgan fingerprint density at radius 1 is 1.00 bits per heavy atom. The van der Waals surface area contributed by atoms with Gasteiger partial charge < -0.3 is 10.2 Å². The molecule has 0 aliphatic heterocycles. The van der Waals surface area contributed by atoms with Crippen molar-refractivity contribution >= 4 is 11.9 Å². The van der Waals surface area contributed by atoms with E-state index in [-0.39, 0.29) is 11.6 Å². The topological polar surface area (TPSA) is 70.6 Å². The van der Waals surface area contributed by atoms with Crippen molar-refractivity contribution in [3.63, 3.8) is 0 Å². The number of benzene rings is 2. The fraction of sp³-hybridized carbons (Fsp3) is 0.0588. The Balaban J connectivity index is 1.99. The van der Waals surface area contributed by atoms with E-state index in [0.29, 0.717) is 16.9 Å². The molecule has 0 aliphatic carbocycles. The Hall–Kier alpha value is -3.08. The molecule has 1 heterocycles. The highest BCUT2D eigenvalue weighted by Gasteiger charge is 2.13. The van der Waals surface area contributed by atoms with E-state index in [2.05, 4.69) is 10.1 Å². The Bertz CT molecular complexity index is 823. The molecule has 0 spiro atoms. The number of para-hydroxylation sites is 3. The standard InChI is InChI=1S/C17H15N3O2/c1-12-14(11-18-15-9-5-6-10-16(15)21)17(22)20(19-12)13-7-3-2-4-8-13/h2-11,21-22H,1H3/b18-11+. The first-order valence-corrected chi connectivity index (χ1v) is 6.83. The van der Waals surface area contributed by atoms with Crippen LogP contribution in [0.2, 0.25) is 0 Å². The molecule has 3 aromatic rings. The molecule has 0 saturated heterocycles. The highest BCUT2D eigenvalue weighted by atomic mass is 16.3. The number of nitrogens with zero attached hydrogens (tertiary/aromatic N) is 3. The highest BCUT2D eigenvalue weighted by molar-refractivity contribution is 5.86. The van der Waals surface area contributed by atoms with E-state index in [1.165, 1.54) is 10.9 Å². The number of phenols is 1. The largest absolute Gasteiger partial charge is 0.506 e.